The summed E-state index contributed by atoms with van der Waals surface area (Å²) in [7, 11) is 1.50. The Morgan fingerprint density at radius 2 is 1.95 bits per heavy atom. The van der Waals surface area contributed by atoms with Crippen molar-refractivity contribution >= 4 is 22.0 Å². The van der Waals surface area contributed by atoms with Crippen LogP contribution in [0.4, 0.5) is 9.18 Å². The molecule has 0 saturated heterocycles. The van der Waals surface area contributed by atoms with Crippen molar-refractivity contribution in [3.05, 3.63) is 34.1 Å². The Balaban J connectivity index is 0.00000154. The van der Waals surface area contributed by atoms with E-state index in [2.05, 4.69) is 27.0 Å². The van der Waals surface area contributed by atoms with Crippen LogP contribution in [0.5, 0.6) is 0 Å². The molecule has 0 aliphatic carbocycles. The van der Waals surface area contributed by atoms with Crippen molar-refractivity contribution in [1.29, 1.82) is 0 Å². The second kappa shape index (κ2) is 8.12. The summed E-state index contributed by atoms with van der Waals surface area (Å²) in [4.78, 5) is 11.4. The van der Waals surface area contributed by atoms with Crippen LogP contribution in [0.15, 0.2) is 22.7 Å². The van der Waals surface area contributed by atoms with Crippen LogP contribution in [0.1, 0.15) is 26.3 Å². The summed E-state index contributed by atoms with van der Waals surface area (Å²) in [5.74, 6) is -0.347. The van der Waals surface area contributed by atoms with Gasteiger partial charge in [-0.1, -0.05) is 15.9 Å². The monoisotopic (exact) mass is 334 g/mol. The highest BCUT2D eigenvalue weighted by atomic mass is 79.9. The molecule has 1 aromatic carbocycles. The lowest BCUT2D eigenvalue weighted by Gasteiger charge is -2.19. The number of hydrogen-bond acceptors (Lipinski definition) is 3. The highest BCUT2D eigenvalue weighted by molar-refractivity contribution is 9.10. The van der Waals surface area contributed by atoms with E-state index in [1.165, 1.54) is 19.2 Å². The van der Waals surface area contributed by atoms with E-state index in [4.69, 9.17) is 4.74 Å². The number of nitrogens with one attached hydrogen (secondary N) is 1. The summed E-state index contributed by atoms with van der Waals surface area (Å²) in [5.41, 5.74) is 4.63. The molecule has 0 saturated carbocycles. The number of rotatable bonds is 2. The Bertz CT molecular complexity index is 399. The van der Waals surface area contributed by atoms with Gasteiger partial charge in [0.15, 0.2) is 0 Å². The van der Waals surface area contributed by atoms with Gasteiger partial charge in [0.1, 0.15) is 11.4 Å². The molecular weight excluding hydrogens is 315 g/mol. The van der Waals surface area contributed by atoms with Gasteiger partial charge >= 0.3 is 6.09 Å². The molecule has 6 heteroatoms. The van der Waals surface area contributed by atoms with Crippen molar-refractivity contribution in [3.8, 4) is 0 Å². The summed E-state index contributed by atoms with van der Waals surface area (Å²) >= 11 is 3.18. The van der Waals surface area contributed by atoms with Crippen molar-refractivity contribution in [2.24, 2.45) is 5.73 Å². The molecule has 0 atom stereocenters. The van der Waals surface area contributed by atoms with Gasteiger partial charge in [-0.15, -0.1) is 0 Å². The Morgan fingerprint density at radius 1 is 1.37 bits per heavy atom. The number of carbonyl (C=O) groups is 1. The zero-order valence-corrected chi connectivity index (χ0v) is 13.2. The Kier molecular flexibility index (Phi) is 7.63. The number of halogens is 2. The standard InChI is InChI=1S/C12H15BrFNO2.CH5N/c1-12(2,3)17-11(16)15-7-8-4-9(13)6-10(14)5-8;1-2/h4-6H,7H2,1-3H3,(H,15,16);2H2,1H3. The van der Waals surface area contributed by atoms with Crippen LogP contribution in [0, 0.1) is 5.82 Å². The molecule has 0 aliphatic heterocycles. The Labute approximate surface area is 121 Å². The first-order chi connectivity index (χ1) is 8.76. The lowest BCUT2D eigenvalue weighted by atomic mass is 10.2. The summed E-state index contributed by atoms with van der Waals surface area (Å²) < 4.78 is 18.8. The van der Waals surface area contributed by atoms with Gasteiger partial charge < -0.3 is 15.8 Å². The van der Waals surface area contributed by atoms with Crippen LogP contribution < -0.4 is 11.1 Å². The molecule has 0 spiro atoms. The van der Waals surface area contributed by atoms with Crippen molar-refractivity contribution in [1.82, 2.24) is 5.32 Å². The molecule has 1 aromatic rings. The summed E-state index contributed by atoms with van der Waals surface area (Å²) in [5, 5.41) is 2.56. The van der Waals surface area contributed by atoms with Crippen LogP contribution in [-0.2, 0) is 11.3 Å². The van der Waals surface area contributed by atoms with E-state index in [9.17, 15) is 9.18 Å². The first kappa shape index (κ1) is 17.9. The van der Waals surface area contributed by atoms with E-state index in [-0.39, 0.29) is 12.4 Å². The summed E-state index contributed by atoms with van der Waals surface area (Å²) in [6.45, 7) is 5.58. The van der Waals surface area contributed by atoms with Crippen molar-refractivity contribution in [3.63, 3.8) is 0 Å². The minimum atomic E-state index is -0.535. The predicted molar refractivity (Wildman–Crippen MR) is 77.3 cm³/mol. The van der Waals surface area contributed by atoms with Gasteiger partial charge in [0.05, 0.1) is 0 Å². The third kappa shape index (κ3) is 8.56. The number of alkyl carbamates (subject to hydrolysis) is 1. The van der Waals surface area contributed by atoms with Crippen molar-refractivity contribution in [2.75, 3.05) is 7.05 Å². The average Bonchev–Trinajstić information content (AvgIpc) is 2.25. The van der Waals surface area contributed by atoms with Gasteiger partial charge in [-0.2, -0.15) is 0 Å². The molecule has 0 aromatic heterocycles. The molecule has 19 heavy (non-hydrogen) atoms. The predicted octanol–water partition coefficient (Wildman–Crippen LogP) is 3.19. The maximum absolute atomic E-state index is 13.0. The normalized spacial score (nSPS) is 10.3. The second-order valence-corrected chi connectivity index (χ2v) is 5.55. The minimum absolute atomic E-state index is 0.227. The van der Waals surface area contributed by atoms with Crippen LogP contribution >= 0.6 is 15.9 Å². The number of hydrogen-bond donors (Lipinski definition) is 2. The first-order valence-corrected chi connectivity index (χ1v) is 6.55. The molecule has 0 aliphatic rings. The van der Waals surface area contributed by atoms with E-state index in [0.717, 1.165) is 0 Å². The van der Waals surface area contributed by atoms with Crippen molar-refractivity contribution < 1.29 is 13.9 Å². The molecule has 1 amide bonds. The minimum Gasteiger partial charge on any atom is -0.444 e. The van der Waals surface area contributed by atoms with Gasteiger partial charge in [0.2, 0.25) is 0 Å². The number of nitrogens with two attached hydrogens (primary N) is 1. The van der Waals surface area contributed by atoms with E-state index < -0.39 is 11.7 Å². The zero-order valence-electron chi connectivity index (χ0n) is 11.6. The van der Waals surface area contributed by atoms with Crippen LogP contribution in [0.2, 0.25) is 0 Å². The van der Waals surface area contributed by atoms with Gasteiger partial charge in [-0.3, -0.25) is 0 Å². The first-order valence-electron chi connectivity index (χ1n) is 5.76. The van der Waals surface area contributed by atoms with Crippen LogP contribution in [0.3, 0.4) is 0 Å². The largest absolute Gasteiger partial charge is 0.444 e. The number of carbonyl (C=O) groups excluding carboxylic acids is 1. The highest BCUT2D eigenvalue weighted by Gasteiger charge is 2.15. The second-order valence-electron chi connectivity index (χ2n) is 4.63. The average molecular weight is 335 g/mol. The van der Waals surface area contributed by atoms with E-state index in [0.29, 0.717) is 10.0 Å². The van der Waals surface area contributed by atoms with Crippen LogP contribution in [-0.4, -0.2) is 18.7 Å². The number of ether oxygens (including phenoxy) is 1. The van der Waals surface area contributed by atoms with Gasteiger partial charge in [-0.25, -0.2) is 9.18 Å². The molecule has 108 valence electrons. The van der Waals surface area contributed by atoms with E-state index in [1.54, 1.807) is 26.8 Å². The topological polar surface area (TPSA) is 64.3 Å². The number of benzene rings is 1. The smallest absolute Gasteiger partial charge is 0.407 e. The third-order valence-electron chi connectivity index (χ3n) is 1.76. The molecular formula is C13H20BrFN2O2. The van der Waals surface area contributed by atoms with Crippen LogP contribution in [0.25, 0.3) is 0 Å². The Morgan fingerprint density at radius 3 is 2.42 bits per heavy atom. The maximum atomic E-state index is 13.0. The van der Waals surface area contributed by atoms with Crippen molar-refractivity contribution in [2.45, 2.75) is 32.9 Å². The third-order valence-corrected chi connectivity index (χ3v) is 2.22. The van der Waals surface area contributed by atoms with Gasteiger partial charge in [0, 0.05) is 11.0 Å². The summed E-state index contributed by atoms with van der Waals surface area (Å²) in [6.07, 6.45) is -0.516. The molecule has 1 rings (SSSR count). The van der Waals surface area contributed by atoms with E-state index >= 15 is 0 Å². The SMILES string of the molecule is CC(C)(C)OC(=O)NCc1cc(F)cc(Br)c1.CN. The molecule has 0 radical (unpaired) electrons. The molecule has 4 nitrogen and oxygen atoms in total. The fourth-order valence-electron chi connectivity index (χ4n) is 1.20. The lowest BCUT2D eigenvalue weighted by molar-refractivity contribution is 0.0523. The van der Waals surface area contributed by atoms with Gasteiger partial charge in [-0.05, 0) is 51.6 Å². The maximum Gasteiger partial charge on any atom is 0.407 e. The molecule has 0 heterocycles. The molecule has 0 bridgehead atoms. The molecule has 0 unspecified atom stereocenters. The fraction of sp³-hybridized carbons (Fsp3) is 0.462. The highest BCUT2D eigenvalue weighted by Crippen LogP contribution is 2.15. The summed E-state index contributed by atoms with van der Waals surface area (Å²) in [6, 6.07) is 4.46. The molecule has 3 N–H and O–H groups in total. The zero-order chi connectivity index (χ0) is 15.1. The van der Waals surface area contributed by atoms with Gasteiger partial charge in [0.25, 0.3) is 0 Å². The van der Waals surface area contributed by atoms with E-state index in [1.807, 2.05) is 0 Å². The quantitative estimate of drug-likeness (QED) is 0.872. The number of amides is 1. The molecule has 0 fully saturated rings. The lowest BCUT2D eigenvalue weighted by Crippen LogP contribution is -2.32. The fourth-order valence-corrected chi connectivity index (χ4v) is 1.71. The Hall–Kier alpha value is -1.14.